The van der Waals surface area contributed by atoms with E-state index in [1.54, 1.807) is 53.1 Å². The first-order chi connectivity index (χ1) is 15.4. The number of aryl methyl sites for hydroxylation is 1. The molecule has 4 rings (SSSR count). The summed E-state index contributed by atoms with van der Waals surface area (Å²) in [5, 5.41) is 5.02. The second-order valence-electron chi connectivity index (χ2n) is 7.65. The van der Waals surface area contributed by atoms with E-state index in [1.807, 2.05) is 4.90 Å². The van der Waals surface area contributed by atoms with E-state index in [0.717, 1.165) is 37.3 Å². The van der Waals surface area contributed by atoms with Gasteiger partial charge in [-0.05, 0) is 35.6 Å². The van der Waals surface area contributed by atoms with Crippen LogP contribution in [0.25, 0.3) is 0 Å². The van der Waals surface area contributed by atoms with E-state index in [0.29, 0.717) is 25.2 Å². The number of carbonyl (C=O) groups is 1. The minimum atomic E-state index is -3.57. The van der Waals surface area contributed by atoms with Crippen LogP contribution >= 0.6 is 22.7 Å². The second kappa shape index (κ2) is 10.1. The van der Waals surface area contributed by atoms with Gasteiger partial charge in [0, 0.05) is 43.8 Å². The van der Waals surface area contributed by atoms with Crippen LogP contribution in [0.3, 0.4) is 0 Å². The fraction of sp³-hybridized carbons (Fsp3) is 0.364. The van der Waals surface area contributed by atoms with Crippen molar-refractivity contribution in [1.29, 1.82) is 0 Å². The molecule has 0 aliphatic carbocycles. The first-order valence-corrected chi connectivity index (χ1v) is 13.8. The van der Waals surface area contributed by atoms with Crippen molar-refractivity contribution in [3.05, 3.63) is 63.4 Å². The molecule has 32 heavy (non-hydrogen) atoms. The van der Waals surface area contributed by atoms with Crippen LogP contribution in [-0.4, -0.2) is 55.3 Å². The summed E-state index contributed by atoms with van der Waals surface area (Å²) < 4.78 is 27.5. The van der Waals surface area contributed by atoms with Gasteiger partial charge in [-0.1, -0.05) is 25.1 Å². The summed E-state index contributed by atoms with van der Waals surface area (Å²) in [6.07, 6.45) is 1.28. The number of hydrogen-bond donors (Lipinski definition) is 1. The molecule has 0 atom stereocenters. The van der Waals surface area contributed by atoms with Crippen LogP contribution in [0, 0.1) is 0 Å². The zero-order valence-electron chi connectivity index (χ0n) is 17.9. The fourth-order valence-electron chi connectivity index (χ4n) is 3.57. The average Bonchev–Trinajstić information content (AvgIpc) is 3.48. The smallest absolute Gasteiger partial charge is 0.271 e. The first-order valence-electron chi connectivity index (χ1n) is 10.5. The average molecular weight is 491 g/mol. The lowest BCUT2D eigenvalue weighted by Crippen LogP contribution is -2.48. The molecule has 1 N–H and O–H groups in total. The maximum absolute atomic E-state index is 12.7. The summed E-state index contributed by atoms with van der Waals surface area (Å²) in [6.45, 7) is 6.05. The van der Waals surface area contributed by atoms with Gasteiger partial charge >= 0.3 is 0 Å². The molecule has 0 spiro atoms. The van der Waals surface area contributed by atoms with Crippen LogP contribution in [0.2, 0.25) is 0 Å². The summed E-state index contributed by atoms with van der Waals surface area (Å²) in [7, 11) is -3.57. The number of rotatable bonds is 8. The Morgan fingerprint density at radius 2 is 1.84 bits per heavy atom. The van der Waals surface area contributed by atoms with Crippen LogP contribution in [0.5, 0.6) is 0 Å². The highest BCUT2D eigenvalue weighted by atomic mass is 32.2. The van der Waals surface area contributed by atoms with Crippen molar-refractivity contribution in [2.75, 3.05) is 30.9 Å². The van der Waals surface area contributed by atoms with Crippen LogP contribution in [-0.2, 0) is 34.2 Å². The van der Waals surface area contributed by atoms with E-state index in [1.165, 1.54) is 16.3 Å². The number of anilines is 1. The van der Waals surface area contributed by atoms with Crippen LogP contribution < -0.4 is 4.72 Å². The molecule has 1 amide bonds. The van der Waals surface area contributed by atoms with Gasteiger partial charge in [0.05, 0.1) is 17.1 Å². The Balaban J connectivity index is 1.26. The van der Waals surface area contributed by atoms with Crippen LogP contribution in [0.1, 0.15) is 23.2 Å². The number of piperazine rings is 1. The molecule has 7 nitrogen and oxygen atoms in total. The van der Waals surface area contributed by atoms with Gasteiger partial charge in [-0.15, -0.1) is 22.7 Å². The number of nitrogens with zero attached hydrogens (tertiary/aromatic N) is 3. The maximum atomic E-state index is 12.7. The number of nitrogens with one attached hydrogen (secondary N) is 1. The standard InChI is InChI=1S/C22H26N4O3S3/c1-2-20-23-19(16-31-20)15-25-9-11-26(12-10-25)21(27)14-17-5-7-18(8-6-17)24-32(28,29)22-4-3-13-30-22/h3-8,13,16,24H,2,9-12,14-15H2,1H3. The van der Waals surface area contributed by atoms with E-state index < -0.39 is 10.0 Å². The molecule has 3 heterocycles. The Kier molecular flexibility index (Phi) is 7.24. The SMILES string of the molecule is CCc1nc(CN2CCN(C(=O)Cc3ccc(NS(=O)(=O)c4cccs4)cc3)CC2)cs1. The summed E-state index contributed by atoms with van der Waals surface area (Å²) in [6, 6.07) is 10.3. The van der Waals surface area contributed by atoms with Gasteiger partial charge in [-0.25, -0.2) is 13.4 Å². The van der Waals surface area contributed by atoms with E-state index in [-0.39, 0.29) is 10.1 Å². The second-order valence-corrected chi connectivity index (χ2v) is 11.5. The lowest BCUT2D eigenvalue weighted by Gasteiger charge is -2.34. The molecule has 0 unspecified atom stereocenters. The van der Waals surface area contributed by atoms with Crippen molar-refractivity contribution in [1.82, 2.24) is 14.8 Å². The van der Waals surface area contributed by atoms with Crippen LogP contribution in [0.4, 0.5) is 5.69 Å². The zero-order chi connectivity index (χ0) is 22.6. The summed E-state index contributed by atoms with van der Waals surface area (Å²) >= 11 is 2.88. The van der Waals surface area contributed by atoms with Crippen molar-refractivity contribution in [3.8, 4) is 0 Å². The van der Waals surface area contributed by atoms with E-state index in [9.17, 15) is 13.2 Å². The number of aromatic nitrogens is 1. The highest BCUT2D eigenvalue weighted by molar-refractivity contribution is 7.94. The number of sulfonamides is 1. The Morgan fingerprint density at radius 1 is 1.09 bits per heavy atom. The summed E-state index contributed by atoms with van der Waals surface area (Å²) in [5.41, 5.74) is 2.46. The summed E-state index contributed by atoms with van der Waals surface area (Å²) in [5.74, 6) is 0.0958. The van der Waals surface area contributed by atoms with Gasteiger partial charge in [0.2, 0.25) is 5.91 Å². The van der Waals surface area contributed by atoms with Crippen LogP contribution in [0.15, 0.2) is 51.4 Å². The fourth-order valence-corrected chi connectivity index (χ4v) is 6.35. The predicted octanol–water partition coefficient (Wildman–Crippen LogP) is 3.45. The van der Waals surface area contributed by atoms with E-state index in [4.69, 9.17) is 0 Å². The topological polar surface area (TPSA) is 82.6 Å². The van der Waals surface area contributed by atoms with Crippen molar-refractivity contribution in [3.63, 3.8) is 0 Å². The Morgan fingerprint density at radius 3 is 2.47 bits per heavy atom. The quantitative estimate of drug-likeness (QED) is 0.523. The number of carbonyl (C=O) groups excluding carboxylic acids is 1. The third kappa shape index (κ3) is 5.74. The third-order valence-corrected chi connectivity index (χ3v) is 9.15. The number of thiophene rings is 1. The Bertz CT molecular complexity index is 1130. The molecule has 2 aromatic heterocycles. The molecule has 0 radical (unpaired) electrons. The maximum Gasteiger partial charge on any atom is 0.271 e. The molecule has 1 aliphatic heterocycles. The molecule has 1 aliphatic rings. The molecule has 0 bridgehead atoms. The molecular formula is C22H26N4O3S3. The number of thiazole rings is 1. The monoisotopic (exact) mass is 490 g/mol. The van der Waals surface area contributed by atoms with Gasteiger partial charge < -0.3 is 4.90 Å². The molecule has 10 heteroatoms. The van der Waals surface area contributed by atoms with E-state index in [2.05, 4.69) is 26.9 Å². The normalized spacial score (nSPS) is 15.1. The van der Waals surface area contributed by atoms with Crippen molar-refractivity contribution in [2.24, 2.45) is 0 Å². The molecule has 1 saturated heterocycles. The van der Waals surface area contributed by atoms with Crippen molar-refractivity contribution >= 4 is 44.3 Å². The highest BCUT2D eigenvalue weighted by Gasteiger charge is 2.22. The van der Waals surface area contributed by atoms with Crippen molar-refractivity contribution in [2.45, 2.75) is 30.5 Å². The number of hydrogen-bond acceptors (Lipinski definition) is 7. The van der Waals surface area contributed by atoms with Crippen molar-refractivity contribution < 1.29 is 13.2 Å². The largest absolute Gasteiger partial charge is 0.340 e. The first kappa shape index (κ1) is 22.9. The third-order valence-electron chi connectivity index (χ3n) is 5.33. The summed E-state index contributed by atoms with van der Waals surface area (Å²) in [4.78, 5) is 21.6. The Hall–Kier alpha value is -2.27. The van der Waals surface area contributed by atoms with Gasteiger partial charge in [0.25, 0.3) is 10.0 Å². The van der Waals surface area contributed by atoms with Gasteiger partial charge in [0.15, 0.2) is 0 Å². The van der Waals surface area contributed by atoms with Gasteiger partial charge in [-0.2, -0.15) is 0 Å². The number of benzene rings is 1. The molecule has 3 aromatic rings. The molecule has 0 saturated carbocycles. The van der Waals surface area contributed by atoms with Gasteiger partial charge in [-0.3, -0.25) is 14.4 Å². The predicted molar refractivity (Wildman–Crippen MR) is 129 cm³/mol. The molecule has 1 fully saturated rings. The minimum Gasteiger partial charge on any atom is -0.340 e. The molecular weight excluding hydrogens is 464 g/mol. The zero-order valence-corrected chi connectivity index (χ0v) is 20.3. The minimum absolute atomic E-state index is 0.0958. The molecule has 170 valence electrons. The lowest BCUT2D eigenvalue weighted by molar-refractivity contribution is -0.132. The van der Waals surface area contributed by atoms with E-state index >= 15 is 0 Å². The number of amides is 1. The molecule has 1 aromatic carbocycles. The highest BCUT2D eigenvalue weighted by Crippen LogP contribution is 2.21. The lowest BCUT2D eigenvalue weighted by atomic mass is 10.1. The Labute approximate surface area is 196 Å². The van der Waals surface area contributed by atoms with Gasteiger partial charge in [0.1, 0.15) is 4.21 Å².